The highest BCUT2D eigenvalue weighted by molar-refractivity contribution is 7.10. The minimum atomic E-state index is -0.635. The van der Waals surface area contributed by atoms with Crippen LogP contribution in [0.1, 0.15) is 30.6 Å². The van der Waals surface area contributed by atoms with E-state index in [1.54, 1.807) is 11.3 Å². The second kappa shape index (κ2) is 7.07. The number of thiophene rings is 1. The molecule has 1 saturated carbocycles. The van der Waals surface area contributed by atoms with Crippen LogP contribution >= 0.6 is 11.3 Å². The summed E-state index contributed by atoms with van der Waals surface area (Å²) in [5.74, 6) is -0.770. The monoisotopic (exact) mass is 315 g/mol. The first kappa shape index (κ1) is 15.3. The van der Waals surface area contributed by atoms with E-state index in [1.165, 1.54) is 16.0 Å². The van der Waals surface area contributed by atoms with E-state index < -0.39 is 5.97 Å². The van der Waals surface area contributed by atoms with Gasteiger partial charge in [-0.05, 0) is 48.3 Å². The Balaban J connectivity index is 1.51. The Labute approximate surface area is 135 Å². The van der Waals surface area contributed by atoms with Gasteiger partial charge in [-0.2, -0.15) is 0 Å². The van der Waals surface area contributed by atoms with Gasteiger partial charge in [-0.1, -0.05) is 30.3 Å². The van der Waals surface area contributed by atoms with Crippen LogP contribution in [0.3, 0.4) is 0 Å². The molecule has 2 N–H and O–H groups in total. The minimum Gasteiger partial charge on any atom is -0.481 e. The van der Waals surface area contributed by atoms with Gasteiger partial charge in [0.2, 0.25) is 0 Å². The zero-order chi connectivity index (χ0) is 15.4. The van der Waals surface area contributed by atoms with E-state index in [1.807, 2.05) is 6.07 Å². The summed E-state index contributed by atoms with van der Waals surface area (Å²) < 4.78 is 0. The van der Waals surface area contributed by atoms with Crippen molar-refractivity contribution < 1.29 is 9.90 Å². The van der Waals surface area contributed by atoms with E-state index in [-0.39, 0.29) is 5.92 Å². The van der Waals surface area contributed by atoms with Gasteiger partial charge in [0.25, 0.3) is 0 Å². The average molecular weight is 315 g/mol. The molecule has 1 aromatic heterocycles. The number of benzene rings is 1. The van der Waals surface area contributed by atoms with Crippen LogP contribution in [0.25, 0.3) is 11.1 Å². The molecule has 1 aliphatic rings. The van der Waals surface area contributed by atoms with Gasteiger partial charge < -0.3 is 10.4 Å². The Hall–Kier alpha value is -1.65. The van der Waals surface area contributed by atoms with Gasteiger partial charge in [0.15, 0.2) is 0 Å². The molecule has 0 unspecified atom stereocenters. The van der Waals surface area contributed by atoms with Crippen LogP contribution in [0.2, 0.25) is 0 Å². The number of rotatable bonds is 5. The highest BCUT2D eigenvalue weighted by atomic mass is 32.1. The minimum absolute atomic E-state index is 0.135. The zero-order valence-corrected chi connectivity index (χ0v) is 13.3. The van der Waals surface area contributed by atoms with Crippen molar-refractivity contribution in [3.05, 3.63) is 46.7 Å². The fourth-order valence-electron chi connectivity index (χ4n) is 3.04. The Bertz CT molecular complexity index is 615. The van der Waals surface area contributed by atoms with Crippen molar-refractivity contribution in [2.24, 2.45) is 5.92 Å². The molecule has 0 amide bonds. The van der Waals surface area contributed by atoms with E-state index in [0.29, 0.717) is 6.04 Å². The number of nitrogens with one attached hydrogen (secondary N) is 1. The van der Waals surface area contributed by atoms with E-state index in [0.717, 1.165) is 32.2 Å². The third-order valence-electron chi connectivity index (χ3n) is 4.40. The molecule has 1 aliphatic carbocycles. The standard InChI is InChI=1S/C18H21NO2S/c20-18(21)14-6-8-16(9-7-14)19-11-17-10-15(12-22-17)13-4-2-1-3-5-13/h1-5,10,12,14,16,19H,6-9,11H2,(H,20,21). The van der Waals surface area contributed by atoms with Crippen molar-refractivity contribution in [2.45, 2.75) is 38.3 Å². The third-order valence-corrected chi connectivity index (χ3v) is 5.34. The summed E-state index contributed by atoms with van der Waals surface area (Å²) in [5.41, 5.74) is 2.53. The molecular formula is C18H21NO2S. The van der Waals surface area contributed by atoms with Gasteiger partial charge in [-0.3, -0.25) is 4.79 Å². The highest BCUT2D eigenvalue weighted by Crippen LogP contribution is 2.27. The van der Waals surface area contributed by atoms with Crippen LogP contribution in [0, 0.1) is 5.92 Å². The molecule has 1 fully saturated rings. The van der Waals surface area contributed by atoms with Gasteiger partial charge in [0.1, 0.15) is 0 Å². The summed E-state index contributed by atoms with van der Waals surface area (Å²) in [7, 11) is 0. The van der Waals surface area contributed by atoms with Crippen molar-refractivity contribution in [1.82, 2.24) is 5.32 Å². The van der Waals surface area contributed by atoms with E-state index in [4.69, 9.17) is 5.11 Å². The van der Waals surface area contributed by atoms with Crippen LogP contribution in [-0.2, 0) is 11.3 Å². The lowest BCUT2D eigenvalue weighted by Gasteiger charge is -2.26. The number of carboxylic acids is 1. The third kappa shape index (κ3) is 3.76. The maximum absolute atomic E-state index is 11.0. The van der Waals surface area contributed by atoms with Crippen molar-refractivity contribution >= 4 is 17.3 Å². The smallest absolute Gasteiger partial charge is 0.306 e. The highest BCUT2D eigenvalue weighted by Gasteiger charge is 2.25. The van der Waals surface area contributed by atoms with Gasteiger partial charge >= 0.3 is 5.97 Å². The quantitative estimate of drug-likeness (QED) is 0.871. The molecule has 0 bridgehead atoms. The molecule has 3 nitrogen and oxygen atoms in total. The summed E-state index contributed by atoms with van der Waals surface area (Å²) in [6.45, 7) is 0.875. The van der Waals surface area contributed by atoms with Gasteiger partial charge in [-0.15, -0.1) is 11.3 Å². The topological polar surface area (TPSA) is 49.3 Å². The average Bonchev–Trinajstić information content (AvgIpc) is 3.03. The maximum Gasteiger partial charge on any atom is 0.306 e. The van der Waals surface area contributed by atoms with Crippen LogP contribution in [-0.4, -0.2) is 17.1 Å². The maximum atomic E-state index is 11.0. The van der Waals surface area contributed by atoms with Crippen LogP contribution < -0.4 is 5.32 Å². The molecule has 0 saturated heterocycles. The fraction of sp³-hybridized carbons (Fsp3) is 0.389. The Morgan fingerprint density at radius 1 is 1.14 bits per heavy atom. The zero-order valence-electron chi connectivity index (χ0n) is 12.5. The lowest BCUT2D eigenvalue weighted by molar-refractivity contribution is -0.142. The Kier molecular flexibility index (Phi) is 4.90. The van der Waals surface area contributed by atoms with E-state index >= 15 is 0 Å². The molecule has 0 spiro atoms. The van der Waals surface area contributed by atoms with Crippen LogP contribution in [0.5, 0.6) is 0 Å². The molecule has 116 valence electrons. The summed E-state index contributed by atoms with van der Waals surface area (Å²) in [6.07, 6.45) is 3.53. The fourth-order valence-corrected chi connectivity index (χ4v) is 3.89. The number of hydrogen-bond donors (Lipinski definition) is 2. The van der Waals surface area contributed by atoms with Crippen molar-refractivity contribution in [1.29, 1.82) is 0 Å². The molecular weight excluding hydrogens is 294 g/mol. The molecule has 0 aliphatic heterocycles. The predicted molar refractivity (Wildman–Crippen MR) is 90.0 cm³/mol. The van der Waals surface area contributed by atoms with Crippen LogP contribution in [0.15, 0.2) is 41.8 Å². The molecule has 0 atom stereocenters. The van der Waals surface area contributed by atoms with Gasteiger partial charge in [0.05, 0.1) is 5.92 Å². The van der Waals surface area contributed by atoms with Crippen molar-refractivity contribution in [2.75, 3.05) is 0 Å². The SMILES string of the molecule is O=C(O)C1CCC(NCc2cc(-c3ccccc3)cs2)CC1. The van der Waals surface area contributed by atoms with E-state index in [9.17, 15) is 4.79 Å². The number of carbonyl (C=O) groups is 1. The Morgan fingerprint density at radius 2 is 1.86 bits per heavy atom. The van der Waals surface area contributed by atoms with Gasteiger partial charge in [-0.25, -0.2) is 0 Å². The molecule has 0 radical (unpaired) electrons. The molecule has 4 heteroatoms. The first-order valence-electron chi connectivity index (χ1n) is 7.81. The second-order valence-electron chi connectivity index (χ2n) is 5.94. The summed E-state index contributed by atoms with van der Waals surface area (Å²) in [6, 6.07) is 13.1. The lowest BCUT2D eigenvalue weighted by Crippen LogP contribution is -2.34. The van der Waals surface area contributed by atoms with Crippen molar-refractivity contribution in [3.63, 3.8) is 0 Å². The molecule has 3 rings (SSSR count). The second-order valence-corrected chi connectivity index (χ2v) is 6.93. The molecule has 22 heavy (non-hydrogen) atoms. The predicted octanol–water partition coefficient (Wildman–Crippen LogP) is 4.15. The first-order valence-corrected chi connectivity index (χ1v) is 8.69. The summed E-state index contributed by atoms with van der Waals surface area (Å²) in [5, 5.41) is 14.8. The van der Waals surface area contributed by atoms with Gasteiger partial charge in [0, 0.05) is 17.5 Å². The molecule has 1 heterocycles. The van der Waals surface area contributed by atoms with E-state index in [2.05, 4.69) is 41.0 Å². The first-order chi connectivity index (χ1) is 10.7. The number of carboxylic acid groups (broad SMARTS) is 1. The summed E-state index contributed by atoms with van der Waals surface area (Å²) in [4.78, 5) is 12.3. The Morgan fingerprint density at radius 3 is 2.55 bits per heavy atom. The number of aliphatic carboxylic acids is 1. The number of hydrogen-bond acceptors (Lipinski definition) is 3. The largest absolute Gasteiger partial charge is 0.481 e. The normalized spacial score (nSPS) is 21.6. The summed E-state index contributed by atoms with van der Waals surface area (Å²) >= 11 is 1.78. The molecule has 1 aromatic carbocycles. The molecule has 2 aromatic rings. The lowest BCUT2D eigenvalue weighted by atomic mass is 9.86. The van der Waals surface area contributed by atoms with Crippen LogP contribution in [0.4, 0.5) is 0 Å². The van der Waals surface area contributed by atoms with Crippen molar-refractivity contribution in [3.8, 4) is 11.1 Å².